The van der Waals surface area contributed by atoms with Gasteiger partial charge in [0.1, 0.15) is 0 Å². The van der Waals surface area contributed by atoms with Crippen molar-refractivity contribution in [1.29, 1.82) is 0 Å². The average Bonchev–Trinajstić information content (AvgIpc) is 2.43. The number of benzene rings is 1. The van der Waals surface area contributed by atoms with Crippen LogP contribution in [0, 0.1) is 0 Å². The van der Waals surface area contributed by atoms with Gasteiger partial charge in [-0.05, 0) is 23.1 Å². The molecule has 1 rings (SSSR count). The Morgan fingerprint density at radius 3 is 2.53 bits per heavy atom. The van der Waals surface area contributed by atoms with Gasteiger partial charge in [-0.2, -0.15) is 0 Å². The molecule has 2 N–H and O–H groups in total. The van der Waals surface area contributed by atoms with Crippen molar-refractivity contribution in [3.8, 4) is 0 Å². The normalized spacial score (nSPS) is 11.9. The highest BCUT2D eigenvalue weighted by Crippen LogP contribution is 2.25. The number of carboxylic acids is 1. The number of hydrogen-bond donors (Lipinski definition) is 2. The summed E-state index contributed by atoms with van der Waals surface area (Å²) in [7, 11) is 1.28. The summed E-state index contributed by atoms with van der Waals surface area (Å²) in [6.07, 6.45) is -1.25. The maximum absolute atomic E-state index is 11.1. The Bertz CT molecular complexity index is 472. The third-order valence-corrected chi connectivity index (χ3v) is 3.05. The molecule has 1 aromatic rings. The number of carboxylic acid groups (broad SMARTS) is 1. The lowest BCUT2D eigenvalue weighted by Gasteiger charge is -2.15. The average molecular weight is 287 g/mol. The zero-order valence-electron chi connectivity index (χ0n) is 10.4. The fourth-order valence-electron chi connectivity index (χ4n) is 1.81. The third kappa shape index (κ3) is 3.94. The second kappa shape index (κ2) is 7.11. The van der Waals surface area contributed by atoms with E-state index in [1.807, 2.05) is 0 Å². The first kappa shape index (κ1) is 15.5. The summed E-state index contributed by atoms with van der Waals surface area (Å²) < 4.78 is 4.53. The summed E-state index contributed by atoms with van der Waals surface area (Å²) in [5, 5.41) is 18.7. The number of hydrogen-bond acceptors (Lipinski definition) is 4. The van der Waals surface area contributed by atoms with E-state index < -0.39 is 18.0 Å². The van der Waals surface area contributed by atoms with Crippen LogP contribution >= 0.6 is 11.6 Å². The van der Waals surface area contributed by atoms with Crippen LogP contribution in [0.25, 0.3) is 0 Å². The van der Waals surface area contributed by atoms with Crippen LogP contribution in [0.3, 0.4) is 0 Å². The Morgan fingerprint density at radius 2 is 2.00 bits per heavy atom. The topological polar surface area (TPSA) is 83.8 Å². The lowest BCUT2D eigenvalue weighted by Crippen LogP contribution is -2.15. The number of carbonyl (C=O) groups excluding carboxylic acids is 1. The van der Waals surface area contributed by atoms with Crippen LogP contribution in [0.2, 0.25) is 0 Å². The largest absolute Gasteiger partial charge is 0.479 e. The van der Waals surface area contributed by atoms with Gasteiger partial charge in [0, 0.05) is 12.3 Å². The molecule has 1 aromatic carbocycles. The van der Waals surface area contributed by atoms with E-state index in [0.717, 1.165) is 0 Å². The molecule has 0 bridgehead atoms. The van der Waals surface area contributed by atoms with E-state index in [1.165, 1.54) is 7.11 Å². The number of rotatable bonds is 6. The van der Waals surface area contributed by atoms with Crippen LogP contribution in [0.1, 0.15) is 29.2 Å². The minimum absolute atomic E-state index is 0.0890. The summed E-state index contributed by atoms with van der Waals surface area (Å²) in [6, 6.07) is 5.03. The van der Waals surface area contributed by atoms with Crippen molar-refractivity contribution in [2.24, 2.45) is 0 Å². The minimum Gasteiger partial charge on any atom is -0.479 e. The zero-order chi connectivity index (χ0) is 14.4. The first-order valence-electron chi connectivity index (χ1n) is 5.65. The van der Waals surface area contributed by atoms with Crippen molar-refractivity contribution in [2.75, 3.05) is 7.11 Å². The maximum atomic E-state index is 11.1. The summed E-state index contributed by atoms with van der Waals surface area (Å²) >= 11 is 5.75. The van der Waals surface area contributed by atoms with Gasteiger partial charge in [-0.1, -0.05) is 18.2 Å². The molecular formula is C13H15ClO5. The molecule has 0 aromatic heterocycles. The number of ether oxygens (including phenoxy) is 1. The van der Waals surface area contributed by atoms with Crippen molar-refractivity contribution in [3.63, 3.8) is 0 Å². The van der Waals surface area contributed by atoms with Gasteiger partial charge in [0.25, 0.3) is 0 Å². The quantitative estimate of drug-likeness (QED) is 0.614. The van der Waals surface area contributed by atoms with E-state index in [2.05, 4.69) is 4.74 Å². The first-order chi connectivity index (χ1) is 9.01. The van der Waals surface area contributed by atoms with Crippen LogP contribution < -0.4 is 0 Å². The molecule has 0 radical (unpaired) electrons. The molecule has 0 aliphatic carbocycles. The molecule has 104 valence electrons. The third-order valence-electron chi connectivity index (χ3n) is 2.76. The molecule has 1 unspecified atom stereocenters. The molecule has 0 spiro atoms. The van der Waals surface area contributed by atoms with E-state index in [9.17, 15) is 14.7 Å². The van der Waals surface area contributed by atoms with Crippen LogP contribution in [0.5, 0.6) is 0 Å². The summed E-state index contributed by atoms with van der Waals surface area (Å²) in [5.74, 6) is -1.66. The molecule has 0 aliphatic heterocycles. The van der Waals surface area contributed by atoms with E-state index in [1.54, 1.807) is 18.2 Å². The summed E-state index contributed by atoms with van der Waals surface area (Å²) in [4.78, 5) is 22.1. The minimum atomic E-state index is -1.65. The first-order valence-corrected chi connectivity index (χ1v) is 6.19. The van der Waals surface area contributed by atoms with Crippen LogP contribution in [-0.2, 0) is 26.6 Å². The Morgan fingerprint density at radius 1 is 1.37 bits per heavy atom. The van der Waals surface area contributed by atoms with Gasteiger partial charge in [0.05, 0.1) is 7.11 Å². The van der Waals surface area contributed by atoms with Crippen LogP contribution in [0.15, 0.2) is 18.2 Å². The van der Waals surface area contributed by atoms with Crippen molar-refractivity contribution >= 4 is 23.5 Å². The number of aliphatic hydroxyl groups excluding tert-OH is 1. The van der Waals surface area contributed by atoms with Gasteiger partial charge >= 0.3 is 11.9 Å². The summed E-state index contributed by atoms with van der Waals surface area (Å²) in [5.41, 5.74) is 1.38. The fourth-order valence-corrected chi connectivity index (χ4v) is 2.05. The monoisotopic (exact) mass is 286 g/mol. The molecule has 1 atom stereocenters. The van der Waals surface area contributed by atoms with Crippen LogP contribution in [0.4, 0.5) is 0 Å². The molecule has 0 saturated heterocycles. The smallest absolute Gasteiger partial charge is 0.337 e. The second-order valence-electron chi connectivity index (χ2n) is 3.94. The van der Waals surface area contributed by atoms with E-state index in [4.69, 9.17) is 16.7 Å². The van der Waals surface area contributed by atoms with E-state index >= 15 is 0 Å². The van der Waals surface area contributed by atoms with Crippen molar-refractivity contribution in [2.45, 2.75) is 24.8 Å². The molecule has 0 heterocycles. The molecule has 0 saturated carbocycles. The number of aryl methyl sites for hydroxylation is 1. The number of aliphatic hydroxyl groups is 1. The van der Waals surface area contributed by atoms with Gasteiger partial charge in [-0.15, -0.1) is 11.6 Å². The Labute approximate surface area is 115 Å². The molecular weight excluding hydrogens is 272 g/mol. The van der Waals surface area contributed by atoms with Gasteiger partial charge in [-0.3, -0.25) is 4.79 Å². The van der Waals surface area contributed by atoms with Gasteiger partial charge < -0.3 is 14.9 Å². The fraction of sp³-hybridized carbons (Fsp3) is 0.385. The number of methoxy groups -OCH3 is 1. The highest BCUT2D eigenvalue weighted by Gasteiger charge is 2.22. The Balaban J connectivity index is 3.08. The van der Waals surface area contributed by atoms with Gasteiger partial charge in [0.2, 0.25) is 0 Å². The number of aliphatic carboxylic acids is 1. The number of esters is 1. The Hall–Kier alpha value is -1.59. The maximum Gasteiger partial charge on any atom is 0.337 e. The number of halogens is 1. The number of alkyl halides is 1. The van der Waals surface area contributed by atoms with Crippen molar-refractivity contribution in [1.82, 2.24) is 0 Å². The highest BCUT2D eigenvalue weighted by atomic mass is 35.5. The van der Waals surface area contributed by atoms with Gasteiger partial charge in [-0.25, -0.2) is 4.79 Å². The predicted octanol–water partition coefficient (Wildman–Crippen LogP) is 1.65. The Kier molecular flexibility index (Phi) is 5.79. The molecule has 0 fully saturated rings. The standard InChI is InChI=1S/C13H15ClO5/c1-19-10(15)6-5-8-3-2-4-9(7-14)11(8)12(16)13(17)18/h2-4,12,16H,5-7H2,1H3,(H,17,18). The molecule has 0 aliphatic rings. The summed E-state index contributed by atoms with van der Waals surface area (Å²) in [6.45, 7) is 0. The SMILES string of the molecule is COC(=O)CCc1cccc(CCl)c1C(O)C(=O)O. The zero-order valence-corrected chi connectivity index (χ0v) is 11.2. The van der Waals surface area contributed by atoms with E-state index in [-0.39, 0.29) is 24.3 Å². The van der Waals surface area contributed by atoms with Gasteiger partial charge in [0.15, 0.2) is 6.10 Å². The predicted molar refractivity (Wildman–Crippen MR) is 68.9 cm³/mol. The molecule has 5 nitrogen and oxygen atoms in total. The molecule has 19 heavy (non-hydrogen) atoms. The van der Waals surface area contributed by atoms with Crippen molar-refractivity contribution < 1.29 is 24.5 Å². The second-order valence-corrected chi connectivity index (χ2v) is 4.21. The van der Waals surface area contributed by atoms with Crippen LogP contribution in [-0.4, -0.2) is 29.3 Å². The van der Waals surface area contributed by atoms with Crippen molar-refractivity contribution in [3.05, 3.63) is 34.9 Å². The molecule has 6 heteroatoms. The highest BCUT2D eigenvalue weighted by molar-refractivity contribution is 6.17. The lowest BCUT2D eigenvalue weighted by molar-refractivity contribution is -0.147. The number of carbonyl (C=O) groups is 2. The lowest BCUT2D eigenvalue weighted by atomic mass is 9.94. The van der Waals surface area contributed by atoms with E-state index in [0.29, 0.717) is 11.1 Å². The molecule has 0 amide bonds.